The quantitative estimate of drug-likeness (QED) is 0.336. The van der Waals surface area contributed by atoms with Crippen molar-refractivity contribution in [3.63, 3.8) is 0 Å². The smallest absolute Gasteiger partial charge is 0.00313 e. The van der Waals surface area contributed by atoms with Crippen LogP contribution in [0.5, 0.6) is 0 Å². The molecule has 0 nitrogen and oxygen atoms in total. The second-order valence-corrected chi connectivity index (χ2v) is 5.46. The Kier molecular flexibility index (Phi) is 8.66. The van der Waals surface area contributed by atoms with Crippen LogP contribution in [0.3, 0.4) is 0 Å². The summed E-state index contributed by atoms with van der Waals surface area (Å²) in [7, 11) is 0. The molecule has 1 atom stereocenters. The van der Waals surface area contributed by atoms with E-state index in [0.29, 0.717) is 0 Å². The van der Waals surface area contributed by atoms with Crippen LogP contribution in [0.25, 0.3) is 0 Å². The number of hydrogen-bond donors (Lipinski definition) is 0. The van der Waals surface area contributed by atoms with Crippen LogP contribution in [0.4, 0.5) is 0 Å². The summed E-state index contributed by atoms with van der Waals surface area (Å²) >= 11 is 3.47. The highest BCUT2D eigenvalue weighted by atomic mass is 79.9. The van der Waals surface area contributed by atoms with Gasteiger partial charge in [0, 0.05) is 5.33 Å². The van der Waals surface area contributed by atoms with Gasteiger partial charge < -0.3 is 0 Å². The van der Waals surface area contributed by atoms with Crippen molar-refractivity contribution in [2.45, 2.75) is 53.4 Å². The summed E-state index contributed by atoms with van der Waals surface area (Å²) in [4.78, 5) is 0. The van der Waals surface area contributed by atoms with Crippen LogP contribution in [0.15, 0.2) is 11.6 Å². The average Bonchev–Trinajstić information content (AvgIpc) is 2.14. The molecular formula is C13H25Br. The molecule has 0 amide bonds. The lowest BCUT2D eigenvalue weighted by Gasteiger charge is -2.12. The van der Waals surface area contributed by atoms with Gasteiger partial charge in [0.15, 0.2) is 0 Å². The maximum Gasteiger partial charge on any atom is 0.00313 e. The fourth-order valence-corrected chi connectivity index (χ4v) is 1.79. The minimum Gasteiger partial charge on any atom is -0.0928 e. The predicted octanol–water partition coefficient (Wildman–Crippen LogP) is 5.18. The molecule has 0 rings (SSSR count). The van der Waals surface area contributed by atoms with Crippen LogP contribution in [0.2, 0.25) is 0 Å². The van der Waals surface area contributed by atoms with Crippen molar-refractivity contribution in [3.05, 3.63) is 11.6 Å². The minimum absolute atomic E-state index is 0.771. The van der Waals surface area contributed by atoms with Gasteiger partial charge in [-0.3, -0.25) is 0 Å². The monoisotopic (exact) mass is 260 g/mol. The normalized spacial score (nSPS) is 14.9. The van der Waals surface area contributed by atoms with Crippen molar-refractivity contribution in [3.8, 4) is 0 Å². The zero-order valence-electron chi connectivity index (χ0n) is 10.1. The van der Waals surface area contributed by atoms with E-state index in [9.17, 15) is 0 Å². The number of halogens is 1. The van der Waals surface area contributed by atoms with Gasteiger partial charge in [0.1, 0.15) is 0 Å². The average molecular weight is 261 g/mol. The molecule has 0 aromatic carbocycles. The van der Waals surface area contributed by atoms with E-state index in [1.54, 1.807) is 5.57 Å². The highest BCUT2D eigenvalue weighted by molar-refractivity contribution is 9.09. The molecule has 84 valence electrons. The Bertz CT molecular complexity index is 159. The highest BCUT2D eigenvalue weighted by Gasteiger charge is 2.03. The maximum atomic E-state index is 3.47. The third-order valence-electron chi connectivity index (χ3n) is 2.71. The van der Waals surface area contributed by atoms with E-state index in [2.05, 4.69) is 49.7 Å². The summed E-state index contributed by atoms with van der Waals surface area (Å²) in [6.45, 7) is 9.18. The van der Waals surface area contributed by atoms with Gasteiger partial charge in [-0.1, -0.05) is 54.8 Å². The van der Waals surface area contributed by atoms with Crippen LogP contribution < -0.4 is 0 Å². The van der Waals surface area contributed by atoms with Gasteiger partial charge in [-0.15, -0.1) is 0 Å². The van der Waals surface area contributed by atoms with Gasteiger partial charge >= 0.3 is 0 Å². The molecule has 0 aliphatic heterocycles. The summed E-state index contributed by atoms with van der Waals surface area (Å²) < 4.78 is 0. The van der Waals surface area contributed by atoms with E-state index in [1.165, 1.54) is 25.7 Å². The number of allylic oxidation sites excluding steroid dienone is 2. The van der Waals surface area contributed by atoms with Crippen molar-refractivity contribution >= 4 is 15.9 Å². The molecule has 0 aromatic heterocycles. The molecule has 0 radical (unpaired) electrons. The van der Waals surface area contributed by atoms with E-state index >= 15 is 0 Å². The third kappa shape index (κ3) is 7.61. The van der Waals surface area contributed by atoms with Crippen LogP contribution in [-0.2, 0) is 0 Å². The zero-order valence-corrected chi connectivity index (χ0v) is 11.7. The molecule has 14 heavy (non-hydrogen) atoms. The van der Waals surface area contributed by atoms with E-state index in [0.717, 1.165) is 17.2 Å². The first-order valence-corrected chi connectivity index (χ1v) is 6.92. The van der Waals surface area contributed by atoms with Crippen LogP contribution in [0, 0.1) is 11.8 Å². The molecule has 1 unspecified atom stereocenters. The number of hydrogen-bond acceptors (Lipinski definition) is 0. The number of unbranched alkanes of at least 4 members (excludes halogenated alkanes) is 1. The number of alkyl halides is 1. The molecule has 0 fully saturated rings. The van der Waals surface area contributed by atoms with E-state index in [1.807, 2.05) is 0 Å². The lowest BCUT2D eigenvalue weighted by molar-refractivity contribution is 0.567. The molecule has 0 aliphatic carbocycles. The van der Waals surface area contributed by atoms with Crippen molar-refractivity contribution < 1.29 is 0 Å². The second-order valence-electron chi connectivity index (χ2n) is 4.66. The van der Waals surface area contributed by atoms with E-state index < -0.39 is 0 Å². The summed E-state index contributed by atoms with van der Waals surface area (Å²) in [5.74, 6) is 1.56. The van der Waals surface area contributed by atoms with Gasteiger partial charge in [0.05, 0.1) is 0 Å². The van der Waals surface area contributed by atoms with Gasteiger partial charge in [0.25, 0.3) is 0 Å². The molecular weight excluding hydrogens is 236 g/mol. The third-order valence-corrected chi connectivity index (χ3v) is 3.27. The Balaban J connectivity index is 3.73. The fourth-order valence-electron chi connectivity index (χ4n) is 1.40. The van der Waals surface area contributed by atoms with Crippen LogP contribution >= 0.6 is 15.9 Å². The Hall–Kier alpha value is 0.220. The molecule has 0 aromatic rings. The van der Waals surface area contributed by atoms with E-state index in [4.69, 9.17) is 0 Å². The number of rotatable bonds is 7. The van der Waals surface area contributed by atoms with Crippen molar-refractivity contribution in [1.82, 2.24) is 0 Å². The van der Waals surface area contributed by atoms with Gasteiger partial charge in [-0.25, -0.2) is 0 Å². The molecule has 0 spiro atoms. The largest absolute Gasteiger partial charge is 0.0928 e. The lowest BCUT2D eigenvalue weighted by Crippen LogP contribution is -1.97. The predicted molar refractivity (Wildman–Crippen MR) is 70.0 cm³/mol. The molecule has 0 bridgehead atoms. The van der Waals surface area contributed by atoms with Crippen molar-refractivity contribution in [2.75, 3.05) is 5.33 Å². The Morgan fingerprint density at radius 2 is 1.86 bits per heavy atom. The standard InChI is InChI=1S/C13H25Br/c1-11(2)8-9-13(4)12(3)7-5-6-10-14/h9,11-12H,5-8,10H2,1-4H3/b13-9-. The summed E-state index contributed by atoms with van der Waals surface area (Å²) in [6.07, 6.45) is 7.64. The first kappa shape index (κ1) is 14.2. The molecule has 0 N–H and O–H groups in total. The Morgan fingerprint density at radius 1 is 1.21 bits per heavy atom. The Labute approximate surface area is 98.3 Å². The maximum absolute atomic E-state index is 3.47. The molecule has 0 aliphatic rings. The fraction of sp³-hybridized carbons (Fsp3) is 0.846. The SMILES string of the molecule is C/C(=C/CC(C)C)C(C)CCCCBr. The van der Waals surface area contributed by atoms with E-state index in [-0.39, 0.29) is 0 Å². The molecule has 1 heteroatoms. The topological polar surface area (TPSA) is 0 Å². The van der Waals surface area contributed by atoms with Crippen molar-refractivity contribution in [2.24, 2.45) is 11.8 Å². The summed E-state index contributed by atoms with van der Waals surface area (Å²) in [5.41, 5.74) is 1.58. The van der Waals surface area contributed by atoms with Gasteiger partial charge in [-0.2, -0.15) is 0 Å². The zero-order chi connectivity index (χ0) is 11.0. The molecule has 0 saturated carbocycles. The summed E-state index contributed by atoms with van der Waals surface area (Å²) in [5, 5.41) is 1.15. The van der Waals surface area contributed by atoms with Gasteiger partial charge in [0.2, 0.25) is 0 Å². The van der Waals surface area contributed by atoms with Crippen molar-refractivity contribution in [1.29, 1.82) is 0 Å². The lowest BCUT2D eigenvalue weighted by atomic mass is 9.94. The minimum atomic E-state index is 0.771. The second kappa shape index (κ2) is 8.52. The Morgan fingerprint density at radius 3 is 2.36 bits per heavy atom. The highest BCUT2D eigenvalue weighted by Crippen LogP contribution is 2.18. The van der Waals surface area contributed by atoms with Crippen LogP contribution in [-0.4, -0.2) is 5.33 Å². The first-order valence-electron chi connectivity index (χ1n) is 5.80. The first-order chi connectivity index (χ1) is 6.57. The van der Waals surface area contributed by atoms with Gasteiger partial charge in [-0.05, 0) is 38.0 Å². The molecule has 0 heterocycles. The summed E-state index contributed by atoms with van der Waals surface area (Å²) in [6, 6.07) is 0. The molecule has 0 saturated heterocycles. The van der Waals surface area contributed by atoms with Crippen LogP contribution in [0.1, 0.15) is 53.4 Å².